The summed E-state index contributed by atoms with van der Waals surface area (Å²) < 4.78 is 5.30. The topological polar surface area (TPSA) is 94.0 Å². The molecule has 4 rings (SSSR count). The molecule has 6 heteroatoms. The van der Waals surface area contributed by atoms with Crippen LogP contribution < -0.4 is 11.1 Å². The van der Waals surface area contributed by atoms with E-state index < -0.39 is 0 Å². The zero-order valence-corrected chi connectivity index (χ0v) is 14.7. The number of aromatic nitrogens is 2. The Balaban J connectivity index is 1.56. The van der Waals surface area contributed by atoms with E-state index in [0.29, 0.717) is 23.6 Å². The van der Waals surface area contributed by atoms with Gasteiger partial charge in [0.15, 0.2) is 5.82 Å². The van der Waals surface area contributed by atoms with Crippen LogP contribution in [0, 0.1) is 24.7 Å². The summed E-state index contributed by atoms with van der Waals surface area (Å²) in [6.07, 6.45) is 4.11. The van der Waals surface area contributed by atoms with Crippen molar-refractivity contribution in [1.29, 1.82) is 0 Å². The van der Waals surface area contributed by atoms with E-state index in [1.54, 1.807) is 0 Å². The predicted octanol–water partition coefficient (Wildman–Crippen LogP) is 2.92. The zero-order valence-electron chi connectivity index (χ0n) is 14.7. The van der Waals surface area contributed by atoms with E-state index in [4.69, 9.17) is 10.3 Å². The highest BCUT2D eigenvalue weighted by molar-refractivity contribution is 5.94. The number of carbonyl (C=O) groups excluding carboxylic acids is 1. The van der Waals surface area contributed by atoms with Crippen molar-refractivity contribution >= 4 is 11.6 Å². The quantitative estimate of drug-likeness (QED) is 0.892. The summed E-state index contributed by atoms with van der Waals surface area (Å²) in [5.74, 6) is 2.07. The maximum Gasteiger partial charge on any atom is 0.257 e. The summed E-state index contributed by atoms with van der Waals surface area (Å²) in [6, 6.07) is 5.78. The molecular weight excluding hydrogens is 316 g/mol. The van der Waals surface area contributed by atoms with Gasteiger partial charge in [0.25, 0.3) is 5.89 Å². The molecule has 0 saturated heterocycles. The molecule has 2 fully saturated rings. The standard InChI is InChI=1S/C19H24N4O2/c1-3-15-22-19(25-23-15)13-5-4-10(2)14(9-13)21-18(24)16-11-6-7-12(8-11)17(16)20/h4-5,9,11-12,16-17H,3,6-8,20H2,1-2H3,(H,21,24). The number of nitrogens with zero attached hydrogens (tertiary/aromatic N) is 2. The third-order valence-electron chi connectivity index (χ3n) is 5.81. The van der Waals surface area contributed by atoms with E-state index in [-0.39, 0.29) is 17.9 Å². The second-order valence-corrected chi connectivity index (χ2v) is 7.32. The molecule has 2 aliphatic carbocycles. The number of hydrogen-bond acceptors (Lipinski definition) is 5. The van der Waals surface area contributed by atoms with Crippen molar-refractivity contribution in [2.24, 2.45) is 23.5 Å². The molecule has 2 aromatic rings. The van der Waals surface area contributed by atoms with Crippen molar-refractivity contribution in [3.05, 3.63) is 29.6 Å². The highest BCUT2D eigenvalue weighted by Gasteiger charge is 2.49. The molecule has 2 bridgehead atoms. The minimum Gasteiger partial charge on any atom is -0.334 e. The van der Waals surface area contributed by atoms with Gasteiger partial charge in [-0.05, 0) is 55.7 Å². The van der Waals surface area contributed by atoms with Gasteiger partial charge in [0.1, 0.15) is 0 Å². The van der Waals surface area contributed by atoms with Gasteiger partial charge in [0.2, 0.25) is 5.91 Å². The molecule has 132 valence electrons. The van der Waals surface area contributed by atoms with Crippen LogP contribution in [0.1, 0.15) is 37.6 Å². The van der Waals surface area contributed by atoms with Crippen LogP contribution in [-0.2, 0) is 11.2 Å². The Bertz CT molecular complexity index is 798. The van der Waals surface area contributed by atoms with Crippen molar-refractivity contribution in [2.75, 3.05) is 5.32 Å². The van der Waals surface area contributed by atoms with Crippen molar-refractivity contribution in [1.82, 2.24) is 10.1 Å². The van der Waals surface area contributed by atoms with Crippen LogP contribution in [0.15, 0.2) is 22.7 Å². The Hall–Kier alpha value is -2.21. The maximum atomic E-state index is 12.8. The number of amides is 1. The van der Waals surface area contributed by atoms with Crippen LogP contribution in [0.25, 0.3) is 11.5 Å². The molecule has 4 unspecified atom stereocenters. The Kier molecular flexibility index (Phi) is 4.07. The van der Waals surface area contributed by atoms with Crippen molar-refractivity contribution in [2.45, 2.75) is 45.6 Å². The van der Waals surface area contributed by atoms with Gasteiger partial charge >= 0.3 is 0 Å². The molecule has 2 aliphatic rings. The number of benzene rings is 1. The summed E-state index contributed by atoms with van der Waals surface area (Å²) in [5.41, 5.74) is 8.90. The smallest absolute Gasteiger partial charge is 0.257 e. The summed E-state index contributed by atoms with van der Waals surface area (Å²) >= 11 is 0. The number of fused-ring (bicyclic) bond motifs is 2. The van der Waals surface area contributed by atoms with Gasteiger partial charge in [-0.2, -0.15) is 4.98 Å². The molecule has 0 spiro atoms. The fraction of sp³-hybridized carbons (Fsp3) is 0.526. The Morgan fingerprint density at radius 1 is 1.36 bits per heavy atom. The minimum absolute atomic E-state index is 0.00899. The van der Waals surface area contributed by atoms with E-state index in [1.165, 1.54) is 6.42 Å². The molecule has 3 N–H and O–H groups in total. The number of carbonyl (C=O) groups is 1. The Labute approximate surface area is 147 Å². The lowest BCUT2D eigenvalue weighted by molar-refractivity contribution is -0.121. The lowest BCUT2D eigenvalue weighted by Gasteiger charge is -2.27. The van der Waals surface area contributed by atoms with E-state index in [1.807, 2.05) is 32.0 Å². The van der Waals surface area contributed by atoms with Gasteiger partial charge in [0.05, 0.1) is 5.92 Å². The number of rotatable bonds is 4. The van der Waals surface area contributed by atoms with Crippen molar-refractivity contribution in [3.63, 3.8) is 0 Å². The summed E-state index contributed by atoms with van der Waals surface area (Å²) in [6.45, 7) is 3.96. The van der Waals surface area contributed by atoms with Gasteiger partial charge in [-0.25, -0.2) is 0 Å². The average Bonchev–Trinajstić information content (AvgIpc) is 3.32. The van der Waals surface area contributed by atoms with Gasteiger partial charge in [-0.3, -0.25) is 4.79 Å². The molecule has 2 saturated carbocycles. The first-order chi connectivity index (χ1) is 12.1. The van der Waals surface area contributed by atoms with E-state index in [2.05, 4.69) is 15.5 Å². The summed E-state index contributed by atoms with van der Waals surface area (Å²) in [7, 11) is 0. The fourth-order valence-electron chi connectivity index (χ4n) is 4.35. The molecule has 25 heavy (non-hydrogen) atoms. The molecule has 1 amide bonds. The van der Waals surface area contributed by atoms with Crippen molar-refractivity contribution < 1.29 is 9.32 Å². The van der Waals surface area contributed by atoms with Crippen LogP contribution in [0.2, 0.25) is 0 Å². The zero-order chi connectivity index (χ0) is 17.6. The lowest BCUT2D eigenvalue weighted by Crippen LogP contribution is -2.42. The largest absolute Gasteiger partial charge is 0.334 e. The first-order valence-electron chi connectivity index (χ1n) is 9.07. The predicted molar refractivity (Wildman–Crippen MR) is 94.8 cm³/mol. The Morgan fingerprint density at radius 3 is 2.84 bits per heavy atom. The molecule has 1 aromatic carbocycles. The highest BCUT2D eigenvalue weighted by Crippen LogP contribution is 2.48. The molecule has 1 heterocycles. The van der Waals surface area contributed by atoms with Crippen molar-refractivity contribution in [3.8, 4) is 11.5 Å². The van der Waals surface area contributed by atoms with Crippen LogP contribution in [0.3, 0.4) is 0 Å². The second-order valence-electron chi connectivity index (χ2n) is 7.32. The van der Waals surface area contributed by atoms with Gasteiger partial charge in [-0.15, -0.1) is 0 Å². The second kappa shape index (κ2) is 6.26. The van der Waals surface area contributed by atoms with Crippen LogP contribution in [0.5, 0.6) is 0 Å². The van der Waals surface area contributed by atoms with E-state index in [0.717, 1.165) is 36.1 Å². The third kappa shape index (κ3) is 2.84. The van der Waals surface area contributed by atoms with Crippen LogP contribution in [-0.4, -0.2) is 22.1 Å². The molecule has 6 nitrogen and oxygen atoms in total. The molecule has 4 atom stereocenters. The van der Waals surface area contributed by atoms with Gasteiger partial charge < -0.3 is 15.6 Å². The SMILES string of the molecule is CCc1noc(-c2ccc(C)c(NC(=O)C3C4CCC(C4)C3N)c2)n1. The molecule has 1 aromatic heterocycles. The first-order valence-corrected chi connectivity index (χ1v) is 9.07. The first kappa shape index (κ1) is 16.3. The maximum absolute atomic E-state index is 12.8. The summed E-state index contributed by atoms with van der Waals surface area (Å²) in [5, 5.41) is 7.02. The molecule has 0 aliphatic heterocycles. The van der Waals surface area contributed by atoms with E-state index in [9.17, 15) is 4.79 Å². The normalized spacial score (nSPS) is 27.6. The number of hydrogen-bond donors (Lipinski definition) is 2. The summed E-state index contributed by atoms with van der Waals surface area (Å²) in [4.78, 5) is 17.2. The average molecular weight is 340 g/mol. The molecular formula is C19H24N4O2. The number of nitrogens with one attached hydrogen (secondary N) is 1. The van der Waals surface area contributed by atoms with Crippen LogP contribution >= 0.6 is 0 Å². The molecule has 0 radical (unpaired) electrons. The Morgan fingerprint density at radius 2 is 2.16 bits per heavy atom. The number of aryl methyl sites for hydroxylation is 2. The lowest BCUT2D eigenvalue weighted by atomic mass is 9.84. The highest BCUT2D eigenvalue weighted by atomic mass is 16.5. The van der Waals surface area contributed by atoms with Gasteiger partial charge in [0, 0.05) is 23.7 Å². The fourth-order valence-corrected chi connectivity index (χ4v) is 4.35. The third-order valence-corrected chi connectivity index (χ3v) is 5.81. The number of anilines is 1. The monoisotopic (exact) mass is 340 g/mol. The number of nitrogens with two attached hydrogens (primary N) is 1. The minimum atomic E-state index is -0.0723. The van der Waals surface area contributed by atoms with Gasteiger partial charge in [-0.1, -0.05) is 18.1 Å². The van der Waals surface area contributed by atoms with Crippen LogP contribution in [0.4, 0.5) is 5.69 Å². The van der Waals surface area contributed by atoms with E-state index >= 15 is 0 Å².